The van der Waals surface area contributed by atoms with Gasteiger partial charge in [-0.2, -0.15) is 0 Å². The van der Waals surface area contributed by atoms with Crippen LogP contribution in [0, 0.1) is 12.3 Å². The van der Waals surface area contributed by atoms with Crippen molar-refractivity contribution in [2.75, 3.05) is 27.2 Å². The van der Waals surface area contributed by atoms with Gasteiger partial charge in [0.05, 0.1) is 11.0 Å². The molecule has 1 atom stereocenters. The molecule has 166 valence electrons. The number of hydrogen-bond acceptors (Lipinski definition) is 5. The fourth-order valence-electron chi connectivity index (χ4n) is 4.44. The highest BCUT2D eigenvalue weighted by atomic mass is 16.5. The average molecular weight is 433 g/mol. The third-order valence-corrected chi connectivity index (χ3v) is 6.05. The number of benzene rings is 1. The van der Waals surface area contributed by atoms with Crippen molar-refractivity contribution >= 4 is 11.8 Å². The Hall–Kier alpha value is -3.48. The lowest BCUT2D eigenvalue weighted by Gasteiger charge is -2.42. The fraction of sp³-hybridized carbons (Fsp3) is 0.360. The van der Waals surface area contributed by atoms with Crippen LogP contribution in [0.15, 0.2) is 59.4 Å². The molecule has 1 unspecified atom stereocenters. The molecule has 1 aromatic carbocycles. The molecule has 0 bridgehead atoms. The molecule has 4 rings (SSSR count). The highest BCUT2D eigenvalue weighted by Gasteiger charge is 2.45. The summed E-state index contributed by atoms with van der Waals surface area (Å²) < 4.78 is 5.65. The van der Waals surface area contributed by atoms with Gasteiger partial charge in [0, 0.05) is 57.6 Å². The molecule has 32 heavy (non-hydrogen) atoms. The van der Waals surface area contributed by atoms with Gasteiger partial charge in [-0.05, 0) is 31.9 Å². The number of carbonyl (C=O) groups is 2. The summed E-state index contributed by atoms with van der Waals surface area (Å²) in [7, 11) is 3.51. The molecule has 3 aromatic rings. The predicted molar refractivity (Wildman–Crippen MR) is 121 cm³/mol. The third-order valence-electron chi connectivity index (χ3n) is 6.05. The van der Waals surface area contributed by atoms with Crippen LogP contribution < -0.4 is 0 Å². The first-order valence-electron chi connectivity index (χ1n) is 10.8. The standard InChI is InChI=1S/C25H28N4O3/c1-18-7-9-19(10-8-18)22-14-21(32-27-22)15-25(24(31)28(2)3)11-5-13-29(17-25)23(30)20-6-4-12-26-16-20/h4,6-10,12,14,16H,5,11,13,15,17H2,1-3H3. The quantitative estimate of drug-likeness (QED) is 0.616. The maximum absolute atomic E-state index is 13.4. The number of aromatic nitrogens is 2. The maximum atomic E-state index is 13.4. The zero-order chi connectivity index (χ0) is 22.7. The maximum Gasteiger partial charge on any atom is 0.255 e. The van der Waals surface area contributed by atoms with Crippen LogP contribution in [0.5, 0.6) is 0 Å². The summed E-state index contributed by atoms with van der Waals surface area (Å²) in [6, 6.07) is 13.5. The monoisotopic (exact) mass is 432 g/mol. The van der Waals surface area contributed by atoms with Crippen LogP contribution in [0.4, 0.5) is 0 Å². The highest BCUT2D eigenvalue weighted by Crippen LogP contribution is 2.37. The van der Waals surface area contributed by atoms with Crippen molar-refractivity contribution in [2.24, 2.45) is 5.41 Å². The Labute approximate surface area is 188 Å². The fourth-order valence-corrected chi connectivity index (χ4v) is 4.44. The normalized spacial score (nSPS) is 18.4. The zero-order valence-corrected chi connectivity index (χ0v) is 18.7. The van der Waals surface area contributed by atoms with E-state index in [1.807, 2.05) is 37.3 Å². The third kappa shape index (κ3) is 4.42. The number of pyridine rings is 1. The van der Waals surface area contributed by atoms with Crippen LogP contribution in [0.25, 0.3) is 11.3 Å². The first-order valence-corrected chi connectivity index (χ1v) is 10.8. The second kappa shape index (κ2) is 8.94. The molecule has 1 fully saturated rings. The minimum Gasteiger partial charge on any atom is -0.361 e. The largest absolute Gasteiger partial charge is 0.361 e. The van der Waals surface area contributed by atoms with Crippen molar-refractivity contribution in [3.8, 4) is 11.3 Å². The van der Waals surface area contributed by atoms with Gasteiger partial charge in [-0.3, -0.25) is 14.6 Å². The van der Waals surface area contributed by atoms with Crippen LogP contribution in [0.3, 0.4) is 0 Å². The van der Waals surface area contributed by atoms with E-state index >= 15 is 0 Å². The van der Waals surface area contributed by atoms with E-state index in [-0.39, 0.29) is 11.8 Å². The summed E-state index contributed by atoms with van der Waals surface area (Å²) in [6.07, 6.45) is 5.02. The molecule has 0 N–H and O–H groups in total. The summed E-state index contributed by atoms with van der Waals surface area (Å²) in [5.41, 5.74) is 2.65. The topological polar surface area (TPSA) is 79.5 Å². The summed E-state index contributed by atoms with van der Waals surface area (Å²) in [5.74, 6) is 0.535. The van der Waals surface area contributed by atoms with Crippen molar-refractivity contribution in [3.63, 3.8) is 0 Å². The van der Waals surface area contributed by atoms with Gasteiger partial charge in [-0.15, -0.1) is 0 Å². The predicted octanol–water partition coefficient (Wildman–Crippen LogP) is 3.60. The molecule has 1 aliphatic rings. The molecular weight excluding hydrogens is 404 g/mol. The van der Waals surface area contributed by atoms with Crippen molar-refractivity contribution in [2.45, 2.75) is 26.2 Å². The van der Waals surface area contributed by atoms with E-state index in [0.29, 0.717) is 37.3 Å². The van der Waals surface area contributed by atoms with Gasteiger partial charge in [0.1, 0.15) is 11.5 Å². The Morgan fingerprint density at radius 3 is 2.66 bits per heavy atom. The second-order valence-corrected chi connectivity index (χ2v) is 8.77. The van der Waals surface area contributed by atoms with Crippen LogP contribution in [-0.2, 0) is 11.2 Å². The lowest BCUT2D eigenvalue weighted by molar-refractivity contribution is -0.142. The van der Waals surface area contributed by atoms with Crippen molar-refractivity contribution in [1.29, 1.82) is 0 Å². The Balaban J connectivity index is 1.60. The first-order chi connectivity index (χ1) is 15.4. The summed E-state index contributed by atoms with van der Waals surface area (Å²) >= 11 is 0. The van der Waals surface area contributed by atoms with Gasteiger partial charge in [0.25, 0.3) is 5.91 Å². The Morgan fingerprint density at radius 1 is 1.19 bits per heavy atom. The summed E-state index contributed by atoms with van der Waals surface area (Å²) in [4.78, 5) is 33.9. The number of piperidine rings is 1. The van der Waals surface area contributed by atoms with Gasteiger partial charge in [-0.1, -0.05) is 35.0 Å². The molecule has 7 nitrogen and oxygen atoms in total. The number of hydrogen-bond donors (Lipinski definition) is 0. The molecule has 0 spiro atoms. The van der Waals surface area contributed by atoms with E-state index in [0.717, 1.165) is 17.7 Å². The Bertz CT molecular complexity index is 1090. The zero-order valence-electron chi connectivity index (χ0n) is 18.7. The van der Waals surface area contributed by atoms with Crippen molar-refractivity contribution < 1.29 is 14.1 Å². The number of aryl methyl sites for hydroxylation is 1. The molecule has 0 aliphatic carbocycles. The van der Waals surface area contributed by atoms with Crippen LogP contribution in [0.2, 0.25) is 0 Å². The van der Waals surface area contributed by atoms with Gasteiger partial charge < -0.3 is 14.3 Å². The Morgan fingerprint density at radius 2 is 1.97 bits per heavy atom. The van der Waals surface area contributed by atoms with Gasteiger partial charge in [-0.25, -0.2) is 0 Å². The minimum absolute atomic E-state index is 0.00512. The minimum atomic E-state index is -0.760. The number of amides is 2. The van der Waals surface area contributed by atoms with Crippen molar-refractivity contribution in [1.82, 2.24) is 19.9 Å². The smallest absolute Gasteiger partial charge is 0.255 e. The van der Waals surface area contributed by atoms with Gasteiger partial charge in [0.15, 0.2) is 0 Å². The van der Waals surface area contributed by atoms with E-state index in [1.54, 1.807) is 48.4 Å². The van der Waals surface area contributed by atoms with E-state index in [4.69, 9.17) is 4.52 Å². The lowest BCUT2D eigenvalue weighted by Crippen LogP contribution is -2.54. The molecule has 2 aromatic heterocycles. The van der Waals surface area contributed by atoms with Crippen LogP contribution >= 0.6 is 0 Å². The highest BCUT2D eigenvalue weighted by molar-refractivity contribution is 5.94. The molecule has 2 amide bonds. The number of nitrogens with zero attached hydrogens (tertiary/aromatic N) is 4. The van der Waals surface area contributed by atoms with E-state index < -0.39 is 5.41 Å². The van der Waals surface area contributed by atoms with Crippen molar-refractivity contribution in [3.05, 3.63) is 71.7 Å². The van der Waals surface area contributed by atoms with Crippen LogP contribution in [-0.4, -0.2) is 58.9 Å². The second-order valence-electron chi connectivity index (χ2n) is 8.77. The molecule has 7 heteroatoms. The van der Waals surface area contributed by atoms with Crippen LogP contribution in [0.1, 0.15) is 34.5 Å². The van der Waals surface area contributed by atoms with Gasteiger partial charge in [0.2, 0.25) is 5.91 Å². The lowest BCUT2D eigenvalue weighted by atomic mass is 9.75. The molecule has 0 radical (unpaired) electrons. The molecular formula is C25H28N4O3. The van der Waals surface area contributed by atoms with E-state index in [9.17, 15) is 9.59 Å². The molecule has 1 saturated heterocycles. The molecule has 1 aliphatic heterocycles. The average Bonchev–Trinajstić information content (AvgIpc) is 3.27. The van der Waals surface area contributed by atoms with Gasteiger partial charge >= 0.3 is 0 Å². The number of carbonyl (C=O) groups excluding carboxylic acids is 2. The number of rotatable bonds is 5. The first kappa shape index (κ1) is 21.7. The summed E-state index contributed by atoms with van der Waals surface area (Å²) in [6.45, 7) is 2.98. The van der Waals surface area contributed by atoms with E-state index in [2.05, 4.69) is 10.1 Å². The van der Waals surface area contributed by atoms with E-state index in [1.165, 1.54) is 5.56 Å². The summed E-state index contributed by atoms with van der Waals surface area (Å²) in [5, 5.41) is 4.23. The Kier molecular flexibility index (Phi) is 6.08. The number of likely N-dealkylation sites (tertiary alicyclic amines) is 1. The SMILES string of the molecule is Cc1ccc(-c2cc(CC3(C(=O)N(C)C)CCCN(C(=O)c4cccnc4)C3)on2)cc1. The molecule has 0 saturated carbocycles. The molecule has 3 heterocycles.